The van der Waals surface area contributed by atoms with Crippen LogP contribution in [-0.2, 0) is 13.0 Å². The summed E-state index contributed by atoms with van der Waals surface area (Å²) in [5, 5.41) is 4.33. The number of rotatable bonds is 5. The Hall–Kier alpha value is -0.770. The molecule has 3 nitrogen and oxygen atoms in total. The molecule has 4 heteroatoms. The molecule has 0 atom stereocenters. The Bertz CT molecular complexity index is 444. The van der Waals surface area contributed by atoms with Crippen LogP contribution in [0, 0.1) is 0 Å². The van der Waals surface area contributed by atoms with E-state index >= 15 is 0 Å². The van der Waals surface area contributed by atoms with Crippen molar-refractivity contribution < 1.29 is 4.74 Å². The average molecular weight is 281 g/mol. The fraction of sp³-hybridized carbons (Fsp3) is 0.600. The summed E-state index contributed by atoms with van der Waals surface area (Å²) in [6.45, 7) is 6.33. The average Bonchev–Trinajstić information content (AvgIpc) is 3.04. The van der Waals surface area contributed by atoms with Crippen molar-refractivity contribution in [2.24, 2.45) is 0 Å². The maximum atomic E-state index is 6.15. The van der Waals surface area contributed by atoms with Gasteiger partial charge < -0.3 is 15.0 Å². The molecule has 1 fully saturated rings. The topological polar surface area (TPSA) is 24.5 Å². The summed E-state index contributed by atoms with van der Waals surface area (Å²) in [7, 11) is 0. The molecule has 19 heavy (non-hydrogen) atoms. The molecule has 0 saturated carbocycles. The summed E-state index contributed by atoms with van der Waals surface area (Å²) < 4.78 is 5.71. The molecule has 0 aliphatic carbocycles. The lowest BCUT2D eigenvalue weighted by Gasteiger charge is -2.15. The van der Waals surface area contributed by atoms with Crippen LogP contribution in [0.2, 0.25) is 5.02 Å². The van der Waals surface area contributed by atoms with E-state index in [1.54, 1.807) is 0 Å². The molecule has 2 aliphatic heterocycles. The van der Waals surface area contributed by atoms with Crippen molar-refractivity contribution in [3.05, 3.63) is 28.3 Å². The van der Waals surface area contributed by atoms with E-state index in [9.17, 15) is 0 Å². The van der Waals surface area contributed by atoms with Gasteiger partial charge in [0.15, 0.2) is 0 Å². The molecule has 2 heterocycles. The molecule has 1 N–H and O–H groups in total. The van der Waals surface area contributed by atoms with Crippen LogP contribution in [0.4, 0.5) is 0 Å². The first-order valence-corrected chi connectivity index (χ1v) is 7.58. The van der Waals surface area contributed by atoms with Crippen LogP contribution in [0.3, 0.4) is 0 Å². The van der Waals surface area contributed by atoms with E-state index in [0.29, 0.717) is 0 Å². The van der Waals surface area contributed by atoms with Gasteiger partial charge in [-0.05, 0) is 43.6 Å². The number of fused-ring (bicyclic) bond motifs is 1. The molecule has 1 aromatic carbocycles. The van der Waals surface area contributed by atoms with E-state index in [1.165, 1.54) is 37.1 Å². The highest BCUT2D eigenvalue weighted by Gasteiger charge is 2.17. The minimum Gasteiger partial charge on any atom is -0.493 e. The molecule has 0 unspecified atom stereocenters. The van der Waals surface area contributed by atoms with Gasteiger partial charge in [0.05, 0.1) is 6.61 Å². The number of halogens is 1. The Kier molecular flexibility index (Phi) is 4.26. The Labute approximate surface area is 119 Å². The first-order valence-electron chi connectivity index (χ1n) is 7.20. The van der Waals surface area contributed by atoms with Gasteiger partial charge in [0.1, 0.15) is 5.75 Å². The summed E-state index contributed by atoms with van der Waals surface area (Å²) in [5.74, 6) is 1.05. The van der Waals surface area contributed by atoms with Gasteiger partial charge in [-0.15, -0.1) is 0 Å². The highest BCUT2D eigenvalue weighted by Crippen LogP contribution is 2.32. The third kappa shape index (κ3) is 3.22. The maximum Gasteiger partial charge on any atom is 0.127 e. The molecule has 0 amide bonds. The van der Waals surface area contributed by atoms with Gasteiger partial charge in [-0.2, -0.15) is 0 Å². The molecule has 0 radical (unpaired) electrons. The van der Waals surface area contributed by atoms with Crippen molar-refractivity contribution in [2.45, 2.75) is 25.8 Å². The minimum atomic E-state index is 0.788. The van der Waals surface area contributed by atoms with Gasteiger partial charge in [0.25, 0.3) is 0 Å². The van der Waals surface area contributed by atoms with Crippen LogP contribution in [0.25, 0.3) is 0 Å². The van der Waals surface area contributed by atoms with E-state index in [-0.39, 0.29) is 0 Å². The number of likely N-dealkylation sites (tertiary alicyclic amines) is 1. The number of benzene rings is 1. The second-order valence-electron chi connectivity index (χ2n) is 5.38. The van der Waals surface area contributed by atoms with Crippen molar-refractivity contribution >= 4 is 11.6 Å². The molecule has 3 rings (SSSR count). The van der Waals surface area contributed by atoms with Gasteiger partial charge in [0, 0.05) is 36.6 Å². The van der Waals surface area contributed by atoms with E-state index < -0.39 is 0 Å². The van der Waals surface area contributed by atoms with Crippen molar-refractivity contribution in [2.75, 3.05) is 32.8 Å². The van der Waals surface area contributed by atoms with Crippen LogP contribution in [0.15, 0.2) is 12.1 Å². The zero-order valence-corrected chi connectivity index (χ0v) is 12.0. The Balaban J connectivity index is 1.52. The third-order valence-electron chi connectivity index (χ3n) is 3.94. The SMILES string of the molecule is Clc1cc2c(c(CNCCN3CCCC3)c1)OCC2. The van der Waals surface area contributed by atoms with Crippen LogP contribution < -0.4 is 10.1 Å². The van der Waals surface area contributed by atoms with Crippen LogP contribution in [0.1, 0.15) is 24.0 Å². The maximum absolute atomic E-state index is 6.15. The highest BCUT2D eigenvalue weighted by atomic mass is 35.5. The molecular formula is C15H21ClN2O. The van der Waals surface area contributed by atoms with Gasteiger partial charge in [-0.1, -0.05) is 11.6 Å². The minimum absolute atomic E-state index is 0.788. The van der Waals surface area contributed by atoms with Crippen molar-refractivity contribution in [3.63, 3.8) is 0 Å². The van der Waals surface area contributed by atoms with Crippen LogP contribution in [0.5, 0.6) is 5.75 Å². The monoisotopic (exact) mass is 280 g/mol. The standard InChI is InChI=1S/C15H21ClN2O/c16-14-9-12-3-8-19-15(12)13(10-14)11-17-4-7-18-5-1-2-6-18/h9-10,17H,1-8,11H2. The Morgan fingerprint density at radius 2 is 2.11 bits per heavy atom. The highest BCUT2D eigenvalue weighted by molar-refractivity contribution is 6.30. The largest absolute Gasteiger partial charge is 0.493 e. The number of hydrogen-bond donors (Lipinski definition) is 1. The van der Waals surface area contributed by atoms with Gasteiger partial charge in [0.2, 0.25) is 0 Å². The third-order valence-corrected chi connectivity index (χ3v) is 4.16. The summed E-state index contributed by atoms with van der Waals surface area (Å²) in [4.78, 5) is 2.52. The van der Waals surface area contributed by atoms with Crippen molar-refractivity contribution in [3.8, 4) is 5.75 Å². The first kappa shape index (κ1) is 13.2. The van der Waals surface area contributed by atoms with Crippen molar-refractivity contribution in [1.29, 1.82) is 0 Å². The van der Waals surface area contributed by atoms with E-state index in [0.717, 1.165) is 43.4 Å². The first-order chi connectivity index (χ1) is 9.33. The molecule has 104 valence electrons. The Morgan fingerprint density at radius 1 is 1.26 bits per heavy atom. The summed E-state index contributed by atoms with van der Waals surface area (Å²) >= 11 is 6.15. The zero-order valence-electron chi connectivity index (χ0n) is 11.3. The summed E-state index contributed by atoms with van der Waals surface area (Å²) in [6, 6.07) is 4.05. The summed E-state index contributed by atoms with van der Waals surface area (Å²) in [6.07, 6.45) is 3.70. The lowest BCUT2D eigenvalue weighted by atomic mass is 10.1. The van der Waals surface area contributed by atoms with Gasteiger partial charge in [-0.25, -0.2) is 0 Å². The number of ether oxygens (including phenoxy) is 1. The number of nitrogens with one attached hydrogen (secondary N) is 1. The predicted octanol–water partition coefficient (Wildman–Crippen LogP) is 2.46. The second-order valence-corrected chi connectivity index (χ2v) is 5.81. The predicted molar refractivity (Wildman–Crippen MR) is 78.0 cm³/mol. The smallest absolute Gasteiger partial charge is 0.127 e. The molecular weight excluding hydrogens is 260 g/mol. The molecule has 1 saturated heterocycles. The normalized spacial score (nSPS) is 18.6. The van der Waals surface area contributed by atoms with E-state index in [1.807, 2.05) is 12.1 Å². The second kappa shape index (κ2) is 6.12. The van der Waals surface area contributed by atoms with Gasteiger partial charge >= 0.3 is 0 Å². The molecule has 0 spiro atoms. The molecule has 0 bridgehead atoms. The molecule has 1 aromatic rings. The fourth-order valence-corrected chi connectivity index (χ4v) is 3.21. The van der Waals surface area contributed by atoms with Crippen molar-refractivity contribution in [1.82, 2.24) is 10.2 Å². The molecule has 2 aliphatic rings. The Morgan fingerprint density at radius 3 is 2.95 bits per heavy atom. The fourth-order valence-electron chi connectivity index (χ4n) is 2.94. The lowest BCUT2D eigenvalue weighted by molar-refractivity contribution is 0.333. The summed E-state index contributed by atoms with van der Waals surface area (Å²) in [5.41, 5.74) is 2.45. The van der Waals surface area contributed by atoms with E-state index in [4.69, 9.17) is 16.3 Å². The molecule has 0 aromatic heterocycles. The van der Waals surface area contributed by atoms with E-state index in [2.05, 4.69) is 10.2 Å². The van der Waals surface area contributed by atoms with Gasteiger partial charge in [-0.3, -0.25) is 0 Å². The zero-order chi connectivity index (χ0) is 13.1. The number of nitrogens with zero attached hydrogens (tertiary/aromatic N) is 1. The number of hydrogen-bond acceptors (Lipinski definition) is 3. The quantitative estimate of drug-likeness (QED) is 0.839. The van der Waals surface area contributed by atoms with Crippen LogP contribution >= 0.6 is 11.6 Å². The van der Waals surface area contributed by atoms with Crippen LogP contribution in [-0.4, -0.2) is 37.7 Å². The lowest BCUT2D eigenvalue weighted by Crippen LogP contribution is -2.29.